The van der Waals surface area contributed by atoms with Crippen molar-refractivity contribution in [2.45, 2.75) is 38.8 Å². The van der Waals surface area contributed by atoms with E-state index in [0.717, 1.165) is 6.42 Å². The number of nitrogens with one attached hydrogen (secondary N) is 2. The Morgan fingerprint density at radius 2 is 1.85 bits per heavy atom. The number of carbonyl (C=O) groups is 3. The zero-order valence-electron chi connectivity index (χ0n) is 19.3. The van der Waals surface area contributed by atoms with Crippen molar-refractivity contribution < 1.29 is 23.9 Å². The second-order valence-corrected chi connectivity index (χ2v) is 8.50. The fourth-order valence-electron chi connectivity index (χ4n) is 3.50. The molecule has 3 rings (SSSR count). The van der Waals surface area contributed by atoms with Crippen LogP contribution in [0.15, 0.2) is 54.6 Å². The average Bonchev–Trinajstić information content (AvgIpc) is 2.81. The molecule has 34 heavy (non-hydrogen) atoms. The van der Waals surface area contributed by atoms with Crippen molar-refractivity contribution in [1.29, 1.82) is 0 Å². The van der Waals surface area contributed by atoms with Gasteiger partial charge in [0.15, 0.2) is 5.11 Å². The summed E-state index contributed by atoms with van der Waals surface area (Å²) >= 11 is 5.39. The van der Waals surface area contributed by atoms with Crippen LogP contribution in [0, 0.1) is 0 Å². The Hall–Kier alpha value is -3.46. The van der Waals surface area contributed by atoms with Crippen molar-refractivity contribution >= 4 is 35.1 Å². The van der Waals surface area contributed by atoms with Gasteiger partial charge in [-0.2, -0.15) is 0 Å². The largest absolute Gasteiger partial charge is 0.493 e. The van der Waals surface area contributed by atoms with Crippen molar-refractivity contribution in [2.75, 3.05) is 19.7 Å². The van der Waals surface area contributed by atoms with E-state index in [2.05, 4.69) is 10.6 Å². The van der Waals surface area contributed by atoms with Gasteiger partial charge in [-0.05, 0) is 55.9 Å². The van der Waals surface area contributed by atoms with E-state index in [1.165, 1.54) is 5.56 Å². The lowest BCUT2D eigenvalue weighted by Crippen LogP contribution is -2.60. The van der Waals surface area contributed by atoms with Gasteiger partial charge in [0.25, 0.3) is 5.91 Å². The maximum Gasteiger partial charge on any atom is 0.308 e. The molecule has 0 radical (unpaired) electrons. The predicted octanol–water partition coefficient (Wildman–Crippen LogP) is 2.46. The number of piperazine rings is 1. The normalized spacial score (nSPS) is 15.4. The first kappa shape index (κ1) is 25.2. The first-order valence-electron chi connectivity index (χ1n) is 11.2. The van der Waals surface area contributed by atoms with Crippen LogP contribution in [0.3, 0.4) is 0 Å². The number of nitrogens with zero attached hydrogens (tertiary/aromatic N) is 1. The Labute approximate surface area is 204 Å². The maximum absolute atomic E-state index is 12.7. The highest BCUT2D eigenvalue weighted by Crippen LogP contribution is 2.15. The highest BCUT2D eigenvalue weighted by Gasteiger charge is 2.34. The third kappa shape index (κ3) is 7.28. The molecule has 1 aliphatic rings. The number of benzene rings is 2. The Kier molecular flexibility index (Phi) is 8.98. The van der Waals surface area contributed by atoms with E-state index in [1.54, 1.807) is 43.0 Å². The van der Waals surface area contributed by atoms with E-state index in [4.69, 9.17) is 21.7 Å². The SMILES string of the molecule is CC(C)OC(=O)CC1C(=O)NCCN1C(=S)NC(=O)c1ccc(OCCc2ccccc2)cc1. The van der Waals surface area contributed by atoms with Crippen molar-refractivity contribution in [3.8, 4) is 5.75 Å². The summed E-state index contributed by atoms with van der Waals surface area (Å²) < 4.78 is 10.9. The topological polar surface area (TPSA) is 97.0 Å². The van der Waals surface area contributed by atoms with Gasteiger partial charge in [-0.3, -0.25) is 19.7 Å². The maximum atomic E-state index is 12.7. The molecule has 2 N–H and O–H groups in total. The van der Waals surface area contributed by atoms with Crippen molar-refractivity contribution in [2.24, 2.45) is 0 Å². The van der Waals surface area contributed by atoms with Crippen LogP contribution in [0.4, 0.5) is 0 Å². The summed E-state index contributed by atoms with van der Waals surface area (Å²) in [6.07, 6.45) is 0.339. The Morgan fingerprint density at radius 1 is 1.15 bits per heavy atom. The van der Waals surface area contributed by atoms with Gasteiger partial charge < -0.3 is 19.7 Å². The highest BCUT2D eigenvalue weighted by molar-refractivity contribution is 7.80. The number of hydrogen-bond acceptors (Lipinski definition) is 6. The van der Waals surface area contributed by atoms with Gasteiger partial charge in [0.2, 0.25) is 5.91 Å². The van der Waals surface area contributed by atoms with E-state index in [1.807, 2.05) is 30.3 Å². The Balaban J connectivity index is 1.54. The van der Waals surface area contributed by atoms with Crippen molar-refractivity contribution in [3.63, 3.8) is 0 Å². The third-order valence-electron chi connectivity index (χ3n) is 5.16. The fourth-order valence-corrected chi connectivity index (χ4v) is 3.82. The number of esters is 1. The van der Waals surface area contributed by atoms with Crippen LogP contribution in [0.25, 0.3) is 0 Å². The summed E-state index contributed by atoms with van der Waals surface area (Å²) in [5.41, 5.74) is 1.59. The lowest BCUT2D eigenvalue weighted by Gasteiger charge is -2.36. The summed E-state index contributed by atoms with van der Waals surface area (Å²) in [4.78, 5) is 38.7. The minimum atomic E-state index is -0.840. The molecule has 1 atom stereocenters. The second-order valence-electron chi connectivity index (χ2n) is 8.11. The number of thiocarbonyl (C=S) groups is 1. The molecule has 1 aliphatic heterocycles. The van der Waals surface area contributed by atoms with Crippen LogP contribution < -0.4 is 15.4 Å². The minimum absolute atomic E-state index is 0.0883. The molecular weight excluding hydrogens is 454 g/mol. The number of hydrogen-bond donors (Lipinski definition) is 2. The van der Waals surface area contributed by atoms with Gasteiger partial charge in [-0.25, -0.2) is 0 Å². The summed E-state index contributed by atoms with van der Waals surface area (Å²) in [7, 11) is 0. The molecule has 2 amide bonds. The van der Waals surface area contributed by atoms with Crippen molar-refractivity contribution in [3.05, 3.63) is 65.7 Å². The molecule has 1 fully saturated rings. The number of rotatable bonds is 8. The number of ether oxygens (including phenoxy) is 2. The monoisotopic (exact) mass is 483 g/mol. The van der Waals surface area contributed by atoms with Crippen LogP contribution in [0.1, 0.15) is 36.2 Å². The average molecular weight is 484 g/mol. The predicted molar refractivity (Wildman–Crippen MR) is 131 cm³/mol. The van der Waals surface area contributed by atoms with Gasteiger partial charge in [0.05, 0.1) is 19.1 Å². The van der Waals surface area contributed by atoms with Crippen molar-refractivity contribution in [1.82, 2.24) is 15.5 Å². The molecule has 0 spiro atoms. The molecule has 1 heterocycles. The van der Waals surface area contributed by atoms with E-state index in [-0.39, 0.29) is 23.5 Å². The quantitative estimate of drug-likeness (QED) is 0.440. The lowest BCUT2D eigenvalue weighted by atomic mass is 10.1. The standard InChI is InChI=1S/C25H29N3O5S/c1-17(2)33-22(29)16-21-24(31)26-13-14-28(21)25(34)27-23(30)19-8-10-20(11-9-19)32-15-12-18-6-4-3-5-7-18/h3-11,17,21H,12-16H2,1-2H3,(H,26,31)(H,27,30,34). The van der Waals surface area contributed by atoms with Crippen LogP contribution in [0.2, 0.25) is 0 Å². The van der Waals surface area contributed by atoms with Crippen LogP contribution in [0.5, 0.6) is 5.75 Å². The molecule has 8 nitrogen and oxygen atoms in total. The summed E-state index contributed by atoms with van der Waals surface area (Å²) in [5, 5.41) is 5.47. The summed E-state index contributed by atoms with van der Waals surface area (Å²) in [6.45, 7) is 4.73. The zero-order chi connectivity index (χ0) is 24.5. The first-order chi connectivity index (χ1) is 16.3. The van der Waals surface area contributed by atoms with Gasteiger partial charge in [0, 0.05) is 25.1 Å². The van der Waals surface area contributed by atoms with E-state index in [0.29, 0.717) is 31.0 Å². The highest BCUT2D eigenvalue weighted by atomic mass is 32.1. The van der Waals surface area contributed by atoms with E-state index >= 15 is 0 Å². The summed E-state index contributed by atoms with van der Waals surface area (Å²) in [5.74, 6) is -0.582. The van der Waals surface area contributed by atoms with E-state index in [9.17, 15) is 14.4 Å². The molecule has 0 aromatic heterocycles. The van der Waals surface area contributed by atoms with Crippen LogP contribution in [-0.2, 0) is 20.7 Å². The molecule has 2 aromatic rings. The molecule has 180 valence electrons. The molecule has 2 aromatic carbocycles. The minimum Gasteiger partial charge on any atom is -0.493 e. The first-order valence-corrected chi connectivity index (χ1v) is 11.6. The van der Waals surface area contributed by atoms with Gasteiger partial charge >= 0.3 is 5.97 Å². The Bertz CT molecular complexity index is 1010. The third-order valence-corrected chi connectivity index (χ3v) is 5.49. The van der Waals surface area contributed by atoms with Gasteiger partial charge in [-0.15, -0.1) is 0 Å². The number of carbonyl (C=O) groups excluding carboxylic acids is 3. The number of amides is 2. The van der Waals surface area contributed by atoms with Crippen LogP contribution in [-0.4, -0.2) is 59.6 Å². The fraction of sp³-hybridized carbons (Fsp3) is 0.360. The molecule has 9 heteroatoms. The van der Waals surface area contributed by atoms with Gasteiger partial charge in [0.1, 0.15) is 11.8 Å². The molecular formula is C25H29N3O5S. The van der Waals surface area contributed by atoms with Gasteiger partial charge in [-0.1, -0.05) is 30.3 Å². The Morgan fingerprint density at radius 3 is 2.53 bits per heavy atom. The smallest absolute Gasteiger partial charge is 0.308 e. The lowest BCUT2D eigenvalue weighted by molar-refractivity contribution is -0.150. The van der Waals surface area contributed by atoms with E-state index < -0.39 is 17.9 Å². The summed E-state index contributed by atoms with van der Waals surface area (Å²) in [6, 6.07) is 15.9. The second kappa shape index (κ2) is 12.1. The molecule has 1 saturated heterocycles. The zero-order valence-corrected chi connectivity index (χ0v) is 20.1. The van der Waals surface area contributed by atoms with Crippen LogP contribution >= 0.6 is 12.2 Å². The molecule has 0 saturated carbocycles. The molecule has 0 bridgehead atoms. The molecule has 1 unspecified atom stereocenters. The molecule has 0 aliphatic carbocycles.